The monoisotopic (exact) mass is 486 g/mol. The van der Waals surface area contributed by atoms with Crippen LogP contribution in [-0.2, 0) is 11.4 Å². The number of benzene rings is 4. The molecule has 34 heavy (non-hydrogen) atoms. The molecule has 4 rings (SSSR count). The Kier molecular flexibility index (Phi) is 7.18. The van der Waals surface area contributed by atoms with Crippen molar-refractivity contribution >= 4 is 51.6 Å². The zero-order valence-electron chi connectivity index (χ0n) is 18.3. The number of amides is 1. The lowest BCUT2D eigenvalue weighted by atomic mass is 10.0. The van der Waals surface area contributed by atoms with Gasteiger partial charge in [0.05, 0.1) is 10.0 Å². The maximum absolute atomic E-state index is 12.9. The molecule has 0 saturated heterocycles. The number of rotatable bonds is 6. The second kappa shape index (κ2) is 10.4. The van der Waals surface area contributed by atoms with Gasteiger partial charge < -0.3 is 10.1 Å². The minimum atomic E-state index is -0.557. The van der Waals surface area contributed by atoms with Crippen LogP contribution in [0.1, 0.15) is 16.7 Å². The summed E-state index contributed by atoms with van der Waals surface area (Å²) in [7, 11) is 0. The van der Waals surface area contributed by atoms with Crippen LogP contribution in [0.25, 0.3) is 16.8 Å². The van der Waals surface area contributed by atoms with Crippen LogP contribution in [0, 0.1) is 18.3 Å². The summed E-state index contributed by atoms with van der Waals surface area (Å²) in [5, 5.41) is 15.0. The van der Waals surface area contributed by atoms with Crippen molar-refractivity contribution in [1.29, 1.82) is 5.26 Å². The summed E-state index contributed by atoms with van der Waals surface area (Å²) in [5.74, 6) is 0.0220. The molecule has 0 aliphatic heterocycles. The van der Waals surface area contributed by atoms with Gasteiger partial charge in [0.15, 0.2) is 0 Å². The Labute approximate surface area is 208 Å². The van der Waals surface area contributed by atoms with Crippen molar-refractivity contribution in [2.75, 3.05) is 5.32 Å². The molecule has 4 nitrogen and oxygen atoms in total. The Morgan fingerprint density at radius 2 is 1.82 bits per heavy atom. The van der Waals surface area contributed by atoms with E-state index in [1.165, 1.54) is 6.07 Å². The van der Waals surface area contributed by atoms with Crippen LogP contribution in [0.15, 0.2) is 84.4 Å². The number of hydrogen-bond donors (Lipinski definition) is 1. The second-order valence-electron chi connectivity index (χ2n) is 7.73. The van der Waals surface area contributed by atoms with E-state index in [9.17, 15) is 10.1 Å². The molecule has 168 valence electrons. The van der Waals surface area contributed by atoms with E-state index in [0.717, 1.165) is 21.9 Å². The van der Waals surface area contributed by atoms with Crippen LogP contribution in [-0.4, -0.2) is 5.91 Å². The Hall–Kier alpha value is -3.78. The Balaban J connectivity index is 1.69. The fourth-order valence-electron chi connectivity index (χ4n) is 3.58. The van der Waals surface area contributed by atoms with Crippen LogP contribution >= 0.6 is 23.2 Å². The van der Waals surface area contributed by atoms with Crippen LogP contribution in [0.3, 0.4) is 0 Å². The third-order valence-electron chi connectivity index (χ3n) is 5.24. The first kappa shape index (κ1) is 23.4. The first-order chi connectivity index (χ1) is 16.4. The molecule has 0 radical (unpaired) electrons. The van der Waals surface area contributed by atoms with Gasteiger partial charge in [0, 0.05) is 11.3 Å². The molecule has 1 N–H and O–H groups in total. The van der Waals surface area contributed by atoms with Crippen LogP contribution in [0.4, 0.5) is 5.69 Å². The number of hydrogen-bond acceptors (Lipinski definition) is 3. The van der Waals surface area contributed by atoms with Gasteiger partial charge in [-0.3, -0.25) is 4.79 Å². The molecule has 0 spiro atoms. The fraction of sp³-hybridized carbons (Fsp3) is 0.0714. The highest BCUT2D eigenvalue weighted by atomic mass is 35.5. The maximum atomic E-state index is 12.9. The lowest BCUT2D eigenvalue weighted by Crippen LogP contribution is -2.13. The quantitative estimate of drug-likeness (QED) is 0.225. The summed E-state index contributed by atoms with van der Waals surface area (Å²) in [6.45, 7) is 2.39. The normalized spacial score (nSPS) is 11.2. The highest BCUT2D eigenvalue weighted by Crippen LogP contribution is 2.31. The summed E-state index contributed by atoms with van der Waals surface area (Å²) >= 11 is 12.0. The molecular weight excluding hydrogens is 467 g/mol. The van der Waals surface area contributed by atoms with E-state index < -0.39 is 5.91 Å². The zero-order valence-corrected chi connectivity index (χ0v) is 19.8. The Morgan fingerprint density at radius 3 is 2.59 bits per heavy atom. The van der Waals surface area contributed by atoms with Crippen LogP contribution in [0.5, 0.6) is 5.75 Å². The molecule has 0 heterocycles. The molecule has 0 fully saturated rings. The zero-order chi connectivity index (χ0) is 24.1. The number of aryl methyl sites for hydroxylation is 1. The van der Waals surface area contributed by atoms with Gasteiger partial charge in [-0.1, -0.05) is 83.4 Å². The molecule has 4 aromatic carbocycles. The van der Waals surface area contributed by atoms with E-state index in [4.69, 9.17) is 27.9 Å². The summed E-state index contributed by atoms with van der Waals surface area (Å²) in [6.07, 6.45) is 1.56. The summed E-state index contributed by atoms with van der Waals surface area (Å²) in [4.78, 5) is 12.9. The lowest BCUT2D eigenvalue weighted by Gasteiger charge is -2.13. The third-order valence-corrected chi connectivity index (χ3v) is 5.98. The van der Waals surface area contributed by atoms with Gasteiger partial charge in [-0.25, -0.2) is 0 Å². The topological polar surface area (TPSA) is 62.1 Å². The van der Waals surface area contributed by atoms with Crippen molar-refractivity contribution in [2.24, 2.45) is 0 Å². The van der Waals surface area contributed by atoms with E-state index in [2.05, 4.69) is 11.4 Å². The first-order valence-electron chi connectivity index (χ1n) is 10.5. The summed E-state index contributed by atoms with van der Waals surface area (Å²) < 4.78 is 6.14. The number of nitrogens with one attached hydrogen (secondary N) is 1. The highest BCUT2D eigenvalue weighted by molar-refractivity contribution is 6.42. The molecule has 0 bridgehead atoms. The average Bonchev–Trinajstić information content (AvgIpc) is 2.83. The van der Waals surface area contributed by atoms with Gasteiger partial charge in [-0.15, -0.1) is 0 Å². The van der Waals surface area contributed by atoms with Crippen molar-refractivity contribution in [3.63, 3.8) is 0 Å². The molecule has 0 unspecified atom stereocenters. The van der Waals surface area contributed by atoms with Crippen molar-refractivity contribution in [3.8, 4) is 11.8 Å². The van der Waals surface area contributed by atoms with Crippen molar-refractivity contribution in [1.82, 2.24) is 0 Å². The number of ether oxygens (including phenoxy) is 1. The predicted molar refractivity (Wildman–Crippen MR) is 138 cm³/mol. The van der Waals surface area contributed by atoms with Crippen molar-refractivity contribution in [3.05, 3.63) is 111 Å². The molecule has 0 saturated carbocycles. The van der Waals surface area contributed by atoms with Gasteiger partial charge in [-0.05, 0) is 53.6 Å². The first-order valence-corrected chi connectivity index (χ1v) is 11.3. The highest BCUT2D eigenvalue weighted by Gasteiger charge is 2.14. The van der Waals surface area contributed by atoms with Gasteiger partial charge in [0.2, 0.25) is 0 Å². The molecular formula is C28H20Cl2N2O2. The predicted octanol–water partition coefficient (Wildman–Crippen LogP) is 7.58. The van der Waals surface area contributed by atoms with E-state index in [1.807, 2.05) is 67.6 Å². The van der Waals surface area contributed by atoms with Gasteiger partial charge >= 0.3 is 0 Å². The molecule has 4 aromatic rings. The minimum Gasteiger partial charge on any atom is -0.488 e. The van der Waals surface area contributed by atoms with Gasteiger partial charge in [0.25, 0.3) is 5.91 Å². The number of nitriles is 1. The van der Waals surface area contributed by atoms with Gasteiger partial charge in [-0.2, -0.15) is 5.26 Å². The van der Waals surface area contributed by atoms with Crippen molar-refractivity contribution < 1.29 is 9.53 Å². The number of nitrogens with zero attached hydrogens (tertiary/aromatic N) is 1. The van der Waals surface area contributed by atoms with Crippen LogP contribution < -0.4 is 10.1 Å². The van der Waals surface area contributed by atoms with Gasteiger partial charge in [0.1, 0.15) is 24.0 Å². The Morgan fingerprint density at radius 1 is 1.00 bits per heavy atom. The second-order valence-corrected chi connectivity index (χ2v) is 8.54. The smallest absolute Gasteiger partial charge is 0.266 e. The number of anilines is 1. The minimum absolute atomic E-state index is 0.0668. The SMILES string of the molecule is Cc1cccc(COc2ccc3ccccc3c2/C=C(\C#N)C(=O)Nc2ccc(Cl)c(Cl)c2)c1. The largest absolute Gasteiger partial charge is 0.488 e. The average molecular weight is 487 g/mol. The number of halogens is 2. The maximum Gasteiger partial charge on any atom is 0.266 e. The number of fused-ring (bicyclic) bond motifs is 1. The van der Waals surface area contributed by atoms with E-state index >= 15 is 0 Å². The standard InChI is InChI=1S/C28H20Cl2N2O2/c1-18-5-4-6-19(13-18)17-34-27-12-9-20-7-2-3-8-23(20)24(27)14-21(16-31)28(33)32-22-10-11-25(29)26(30)15-22/h2-15H,17H2,1H3,(H,32,33)/b21-14+. The third kappa shape index (κ3) is 5.40. The molecule has 0 aliphatic carbocycles. The molecule has 0 aliphatic rings. The Bertz CT molecular complexity index is 1450. The molecule has 0 atom stereocenters. The number of carbonyl (C=O) groups is 1. The van der Waals surface area contributed by atoms with E-state index in [1.54, 1.807) is 18.2 Å². The summed E-state index contributed by atoms with van der Waals surface area (Å²) in [5.41, 5.74) is 3.20. The lowest BCUT2D eigenvalue weighted by molar-refractivity contribution is -0.112. The summed E-state index contributed by atoms with van der Waals surface area (Å²) in [6, 6.07) is 26.4. The van der Waals surface area contributed by atoms with E-state index in [0.29, 0.717) is 33.7 Å². The van der Waals surface area contributed by atoms with E-state index in [-0.39, 0.29) is 5.57 Å². The molecule has 0 aromatic heterocycles. The molecule has 6 heteroatoms. The number of carbonyl (C=O) groups excluding carboxylic acids is 1. The van der Waals surface area contributed by atoms with Crippen LogP contribution in [0.2, 0.25) is 10.0 Å². The molecule has 1 amide bonds. The van der Waals surface area contributed by atoms with Crippen molar-refractivity contribution in [2.45, 2.75) is 13.5 Å². The fourth-order valence-corrected chi connectivity index (χ4v) is 3.88.